The standard InChI is InChI=1S/C12H14N2/c1-12(2,13)10-6-5-9-4-3-7-14-11(9)8-10/h3-8H,13H2,1-2H3. The molecule has 0 aliphatic heterocycles. The molecular formula is C12H14N2. The Kier molecular flexibility index (Phi) is 2.01. The second kappa shape index (κ2) is 3.07. The minimum atomic E-state index is -0.300. The fourth-order valence-corrected chi connectivity index (χ4v) is 1.47. The Hall–Kier alpha value is -1.41. The predicted octanol–water partition coefficient (Wildman–Crippen LogP) is 2.43. The van der Waals surface area contributed by atoms with Crippen molar-refractivity contribution in [1.29, 1.82) is 0 Å². The molecule has 14 heavy (non-hydrogen) atoms. The molecule has 0 spiro atoms. The molecule has 72 valence electrons. The van der Waals surface area contributed by atoms with E-state index in [9.17, 15) is 0 Å². The van der Waals surface area contributed by atoms with Gasteiger partial charge >= 0.3 is 0 Å². The molecule has 0 saturated heterocycles. The molecule has 2 aromatic rings. The van der Waals surface area contributed by atoms with E-state index < -0.39 is 0 Å². The summed E-state index contributed by atoms with van der Waals surface area (Å²) in [4.78, 5) is 4.30. The summed E-state index contributed by atoms with van der Waals surface area (Å²) in [6, 6.07) is 10.2. The van der Waals surface area contributed by atoms with Crippen molar-refractivity contribution < 1.29 is 0 Å². The van der Waals surface area contributed by atoms with Crippen molar-refractivity contribution >= 4 is 10.9 Å². The molecule has 2 heteroatoms. The van der Waals surface area contributed by atoms with Gasteiger partial charge in [-0.2, -0.15) is 0 Å². The van der Waals surface area contributed by atoms with Gasteiger partial charge in [-0.3, -0.25) is 4.98 Å². The maximum Gasteiger partial charge on any atom is 0.0705 e. The molecule has 0 aliphatic carbocycles. The quantitative estimate of drug-likeness (QED) is 0.742. The van der Waals surface area contributed by atoms with E-state index in [0.29, 0.717) is 0 Å². The molecule has 2 nitrogen and oxygen atoms in total. The topological polar surface area (TPSA) is 38.9 Å². The highest BCUT2D eigenvalue weighted by Gasteiger charge is 2.13. The highest BCUT2D eigenvalue weighted by molar-refractivity contribution is 5.79. The van der Waals surface area contributed by atoms with Crippen molar-refractivity contribution in [3.8, 4) is 0 Å². The Morgan fingerprint density at radius 1 is 1.21 bits per heavy atom. The van der Waals surface area contributed by atoms with Gasteiger partial charge in [-0.1, -0.05) is 18.2 Å². The first-order chi connectivity index (χ1) is 6.57. The lowest BCUT2D eigenvalue weighted by Gasteiger charge is -2.19. The largest absolute Gasteiger partial charge is 0.322 e. The SMILES string of the molecule is CC(C)(N)c1ccc2cccnc2c1. The van der Waals surface area contributed by atoms with Crippen LogP contribution in [0.1, 0.15) is 19.4 Å². The van der Waals surface area contributed by atoms with Crippen LogP contribution in [-0.4, -0.2) is 4.98 Å². The average molecular weight is 186 g/mol. The van der Waals surface area contributed by atoms with Crippen LogP contribution in [-0.2, 0) is 5.54 Å². The third kappa shape index (κ3) is 1.61. The van der Waals surface area contributed by atoms with Gasteiger partial charge in [0, 0.05) is 17.1 Å². The van der Waals surface area contributed by atoms with Crippen LogP contribution < -0.4 is 5.73 Å². The molecule has 0 radical (unpaired) electrons. The van der Waals surface area contributed by atoms with Crippen molar-refractivity contribution in [2.24, 2.45) is 5.73 Å². The molecule has 0 bridgehead atoms. The Balaban J connectivity index is 2.63. The molecule has 0 aliphatic rings. The summed E-state index contributed by atoms with van der Waals surface area (Å²) in [5.74, 6) is 0. The first-order valence-electron chi connectivity index (χ1n) is 4.71. The van der Waals surface area contributed by atoms with Gasteiger partial charge in [-0.05, 0) is 31.5 Å². The lowest BCUT2D eigenvalue weighted by atomic mass is 9.95. The second-order valence-electron chi connectivity index (χ2n) is 4.13. The molecule has 2 rings (SSSR count). The van der Waals surface area contributed by atoms with Gasteiger partial charge in [-0.25, -0.2) is 0 Å². The van der Waals surface area contributed by atoms with Crippen LogP contribution in [0.25, 0.3) is 10.9 Å². The minimum Gasteiger partial charge on any atom is -0.322 e. The van der Waals surface area contributed by atoms with Gasteiger partial charge in [0.2, 0.25) is 0 Å². The molecule has 1 heterocycles. The highest BCUT2D eigenvalue weighted by Crippen LogP contribution is 2.20. The number of aromatic nitrogens is 1. The number of pyridine rings is 1. The van der Waals surface area contributed by atoms with Crippen molar-refractivity contribution in [3.63, 3.8) is 0 Å². The van der Waals surface area contributed by atoms with E-state index in [4.69, 9.17) is 5.73 Å². The third-order valence-corrected chi connectivity index (χ3v) is 2.35. The number of fused-ring (bicyclic) bond motifs is 1. The fourth-order valence-electron chi connectivity index (χ4n) is 1.47. The van der Waals surface area contributed by atoms with Crippen molar-refractivity contribution in [2.45, 2.75) is 19.4 Å². The summed E-state index contributed by atoms with van der Waals surface area (Å²) >= 11 is 0. The lowest BCUT2D eigenvalue weighted by Crippen LogP contribution is -2.28. The predicted molar refractivity (Wildman–Crippen MR) is 59.0 cm³/mol. The third-order valence-electron chi connectivity index (χ3n) is 2.35. The normalized spacial score (nSPS) is 11.9. The zero-order valence-electron chi connectivity index (χ0n) is 8.49. The van der Waals surface area contributed by atoms with E-state index in [2.05, 4.69) is 29.2 Å². The summed E-state index contributed by atoms with van der Waals surface area (Å²) in [6.45, 7) is 3.99. The highest BCUT2D eigenvalue weighted by atomic mass is 14.7. The van der Waals surface area contributed by atoms with Crippen molar-refractivity contribution in [1.82, 2.24) is 4.98 Å². The molecular weight excluding hydrogens is 172 g/mol. The van der Waals surface area contributed by atoms with Crippen LogP contribution in [0, 0.1) is 0 Å². The van der Waals surface area contributed by atoms with E-state index in [-0.39, 0.29) is 5.54 Å². The van der Waals surface area contributed by atoms with Gasteiger partial charge in [0.15, 0.2) is 0 Å². The van der Waals surface area contributed by atoms with Crippen LogP contribution in [0.15, 0.2) is 36.5 Å². The first kappa shape index (κ1) is 9.16. The van der Waals surface area contributed by atoms with Crippen molar-refractivity contribution in [3.05, 3.63) is 42.1 Å². The van der Waals surface area contributed by atoms with Gasteiger partial charge in [0.1, 0.15) is 0 Å². The van der Waals surface area contributed by atoms with Crippen LogP contribution in [0.4, 0.5) is 0 Å². The number of rotatable bonds is 1. The summed E-state index contributed by atoms with van der Waals surface area (Å²) in [6.07, 6.45) is 1.80. The zero-order valence-corrected chi connectivity index (χ0v) is 8.49. The summed E-state index contributed by atoms with van der Waals surface area (Å²) < 4.78 is 0. The molecule has 0 unspecified atom stereocenters. The number of nitrogens with zero attached hydrogens (tertiary/aromatic N) is 1. The number of hydrogen-bond acceptors (Lipinski definition) is 2. The minimum absolute atomic E-state index is 0.300. The number of nitrogens with two attached hydrogens (primary N) is 1. The van der Waals surface area contributed by atoms with Gasteiger partial charge in [-0.15, -0.1) is 0 Å². The van der Waals surface area contributed by atoms with Gasteiger partial charge < -0.3 is 5.73 Å². The summed E-state index contributed by atoms with van der Waals surface area (Å²) in [7, 11) is 0. The molecule has 0 saturated carbocycles. The van der Waals surface area contributed by atoms with E-state index in [1.165, 1.54) is 0 Å². The van der Waals surface area contributed by atoms with E-state index in [0.717, 1.165) is 16.5 Å². The number of hydrogen-bond donors (Lipinski definition) is 1. The van der Waals surface area contributed by atoms with Crippen LogP contribution in [0.2, 0.25) is 0 Å². The Morgan fingerprint density at radius 2 is 2.00 bits per heavy atom. The molecule has 2 N–H and O–H groups in total. The zero-order chi connectivity index (χ0) is 10.2. The first-order valence-corrected chi connectivity index (χ1v) is 4.71. The Labute approximate surface area is 83.8 Å². The smallest absolute Gasteiger partial charge is 0.0705 e. The summed E-state index contributed by atoms with van der Waals surface area (Å²) in [5.41, 5.74) is 7.84. The van der Waals surface area contributed by atoms with Crippen LogP contribution >= 0.6 is 0 Å². The molecule has 0 amide bonds. The Bertz CT molecular complexity index is 455. The van der Waals surface area contributed by atoms with Crippen LogP contribution in [0.5, 0.6) is 0 Å². The summed E-state index contributed by atoms with van der Waals surface area (Å²) in [5, 5.41) is 1.15. The van der Waals surface area contributed by atoms with Crippen molar-refractivity contribution in [2.75, 3.05) is 0 Å². The van der Waals surface area contributed by atoms with Gasteiger partial charge in [0.25, 0.3) is 0 Å². The lowest BCUT2D eigenvalue weighted by molar-refractivity contribution is 0.555. The molecule has 0 atom stereocenters. The van der Waals surface area contributed by atoms with E-state index in [1.807, 2.05) is 19.9 Å². The maximum atomic E-state index is 6.02. The number of benzene rings is 1. The van der Waals surface area contributed by atoms with E-state index in [1.54, 1.807) is 6.20 Å². The second-order valence-corrected chi connectivity index (χ2v) is 4.13. The maximum absolute atomic E-state index is 6.02. The molecule has 0 fully saturated rings. The van der Waals surface area contributed by atoms with E-state index >= 15 is 0 Å². The Morgan fingerprint density at radius 3 is 2.71 bits per heavy atom. The average Bonchev–Trinajstić information content (AvgIpc) is 2.16. The molecule has 1 aromatic heterocycles. The van der Waals surface area contributed by atoms with Gasteiger partial charge in [0.05, 0.1) is 5.52 Å². The van der Waals surface area contributed by atoms with Crippen LogP contribution in [0.3, 0.4) is 0 Å². The fraction of sp³-hybridized carbons (Fsp3) is 0.250. The molecule has 1 aromatic carbocycles. The monoisotopic (exact) mass is 186 g/mol.